The molecular weight excluding hydrogens is 297 g/mol. The van der Waals surface area contributed by atoms with Crippen molar-refractivity contribution in [1.82, 2.24) is 19.3 Å². The molecule has 3 heterocycles. The summed E-state index contributed by atoms with van der Waals surface area (Å²) in [5.74, 6) is 0.500. The van der Waals surface area contributed by atoms with Gasteiger partial charge in [-0.3, -0.25) is 9.30 Å². The summed E-state index contributed by atoms with van der Waals surface area (Å²) in [7, 11) is 0. The average molecular weight is 315 g/mol. The van der Waals surface area contributed by atoms with Crippen LogP contribution < -0.4 is 4.90 Å². The summed E-state index contributed by atoms with van der Waals surface area (Å²) >= 11 is 0. The lowest BCUT2D eigenvalue weighted by Gasteiger charge is -2.35. The Morgan fingerprint density at radius 1 is 1.17 bits per heavy atom. The van der Waals surface area contributed by atoms with E-state index < -0.39 is 0 Å². The predicted molar refractivity (Wildman–Crippen MR) is 86.2 cm³/mol. The summed E-state index contributed by atoms with van der Waals surface area (Å²) in [5, 5.41) is 9.04. The van der Waals surface area contributed by atoms with Crippen molar-refractivity contribution in [2.75, 3.05) is 44.2 Å². The Labute approximate surface area is 132 Å². The van der Waals surface area contributed by atoms with E-state index in [0.717, 1.165) is 43.2 Å². The smallest absolute Gasteiger partial charge is 0.180 e. The quantitative estimate of drug-likeness (QED) is 0.785. The number of anilines is 1. The second-order valence-electron chi connectivity index (χ2n) is 5.74. The van der Waals surface area contributed by atoms with E-state index in [9.17, 15) is 4.39 Å². The van der Waals surface area contributed by atoms with E-state index in [4.69, 9.17) is 5.11 Å². The van der Waals surface area contributed by atoms with Crippen LogP contribution in [0.25, 0.3) is 16.7 Å². The van der Waals surface area contributed by atoms with Gasteiger partial charge in [-0.2, -0.15) is 0 Å². The maximum atomic E-state index is 13.6. The molecule has 1 N–H and O–H groups in total. The van der Waals surface area contributed by atoms with Gasteiger partial charge in [-0.1, -0.05) is 0 Å². The molecule has 0 spiro atoms. The van der Waals surface area contributed by atoms with Crippen LogP contribution in [-0.2, 0) is 0 Å². The number of nitrogens with zero attached hydrogens (tertiary/aromatic N) is 5. The topological polar surface area (TPSA) is 56.9 Å². The Kier molecular flexibility index (Phi) is 3.59. The number of rotatable bonds is 3. The summed E-state index contributed by atoms with van der Waals surface area (Å²) in [6.45, 7) is 4.25. The van der Waals surface area contributed by atoms with Crippen LogP contribution in [0.5, 0.6) is 0 Å². The molecule has 7 heteroatoms. The van der Waals surface area contributed by atoms with E-state index in [1.165, 1.54) is 12.1 Å². The lowest BCUT2D eigenvalue weighted by molar-refractivity contribution is 0.188. The van der Waals surface area contributed by atoms with Gasteiger partial charge >= 0.3 is 0 Å². The standard InChI is InChI=1S/C16H18FN5O/c17-12-1-2-14-13(11-12)19-16(15-18-3-4-22(14)15)21-7-5-20(6-8-21)9-10-23/h1-4,11,23H,5-10H2. The molecule has 1 saturated heterocycles. The Bertz CT molecular complexity index is 841. The number of aliphatic hydroxyl groups excluding tert-OH is 1. The van der Waals surface area contributed by atoms with Crippen molar-refractivity contribution in [3.05, 3.63) is 36.4 Å². The molecule has 0 bridgehead atoms. The van der Waals surface area contributed by atoms with Gasteiger partial charge in [0.25, 0.3) is 0 Å². The van der Waals surface area contributed by atoms with Crippen molar-refractivity contribution in [1.29, 1.82) is 0 Å². The second-order valence-corrected chi connectivity index (χ2v) is 5.74. The van der Waals surface area contributed by atoms with Crippen molar-refractivity contribution in [2.24, 2.45) is 0 Å². The summed E-state index contributed by atoms with van der Waals surface area (Å²) in [6, 6.07) is 4.63. The lowest BCUT2D eigenvalue weighted by atomic mass is 10.2. The van der Waals surface area contributed by atoms with Crippen LogP contribution in [0.15, 0.2) is 30.6 Å². The minimum Gasteiger partial charge on any atom is -0.395 e. The SMILES string of the molecule is OCCN1CCN(c2nc3cc(F)ccc3n3ccnc23)CC1. The number of fused-ring (bicyclic) bond motifs is 3. The van der Waals surface area contributed by atoms with E-state index >= 15 is 0 Å². The Balaban J connectivity index is 1.75. The third kappa shape index (κ3) is 2.51. The zero-order valence-corrected chi connectivity index (χ0v) is 12.7. The molecule has 0 amide bonds. The number of β-amino-alcohol motifs (C(OH)–C–C–N with tert-alkyl or cyclic N) is 1. The molecule has 1 fully saturated rings. The fourth-order valence-corrected chi connectivity index (χ4v) is 3.15. The van der Waals surface area contributed by atoms with Gasteiger partial charge in [-0.15, -0.1) is 0 Å². The molecule has 1 aliphatic heterocycles. The first-order valence-corrected chi connectivity index (χ1v) is 7.77. The second kappa shape index (κ2) is 5.75. The van der Waals surface area contributed by atoms with Crippen LogP contribution in [0, 0.1) is 5.82 Å². The van der Waals surface area contributed by atoms with Crippen LogP contribution in [0.4, 0.5) is 10.2 Å². The molecule has 23 heavy (non-hydrogen) atoms. The number of aliphatic hydroxyl groups is 1. The summed E-state index contributed by atoms with van der Waals surface area (Å²) in [5.41, 5.74) is 2.27. The van der Waals surface area contributed by atoms with Gasteiger partial charge in [0.2, 0.25) is 0 Å². The highest BCUT2D eigenvalue weighted by Crippen LogP contribution is 2.25. The van der Waals surface area contributed by atoms with Crippen molar-refractivity contribution in [2.45, 2.75) is 0 Å². The van der Waals surface area contributed by atoms with Gasteiger partial charge < -0.3 is 10.0 Å². The summed E-state index contributed by atoms with van der Waals surface area (Å²) < 4.78 is 15.5. The van der Waals surface area contributed by atoms with Gasteiger partial charge in [-0.25, -0.2) is 14.4 Å². The van der Waals surface area contributed by atoms with Gasteiger partial charge in [0.1, 0.15) is 5.82 Å². The fourth-order valence-electron chi connectivity index (χ4n) is 3.15. The number of aromatic nitrogens is 3. The molecule has 120 valence electrons. The van der Waals surface area contributed by atoms with E-state index in [1.807, 2.05) is 10.6 Å². The first kappa shape index (κ1) is 14.3. The zero-order chi connectivity index (χ0) is 15.8. The fraction of sp³-hybridized carbons (Fsp3) is 0.375. The highest BCUT2D eigenvalue weighted by atomic mass is 19.1. The molecule has 1 aliphatic rings. The highest BCUT2D eigenvalue weighted by Gasteiger charge is 2.21. The molecule has 3 aromatic rings. The Morgan fingerprint density at radius 3 is 2.78 bits per heavy atom. The molecule has 4 rings (SSSR count). The van der Waals surface area contributed by atoms with Gasteiger partial charge in [0, 0.05) is 51.2 Å². The van der Waals surface area contributed by atoms with Crippen molar-refractivity contribution in [3.63, 3.8) is 0 Å². The maximum Gasteiger partial charge on any atom is 0.180 e. The van der Waals surface area contributed by atoms with Crippen LogP contribution >= 0.6 is 0 Å². The third-order valence-corrected chi connectivity index (χ3v) is 4.35. The molecule has 2 aromatic heterocycles. The molecule has 1 aromatic carbocycles. The third-order valence-electron chi connectivity index (χ3n) is 4.35. The lowest BCUT2D eigenvalue weighted by Crippen LogP contribution is -2.47. The average Bonchev–Trinajstić information content (AvgIpc) is 3.04. The van der Waals surface area contributed by atoms with Crippen LogP contribution in [0.2, 0.25) is 0 Å². The van der Waals surface area contributed by atoms with Gasteiger partial charge in [0.15, 0.2) is 11.5 Å². The Morgan fingerprint density at radius 2 is 2.00 bits per heavy atom. The number of imidazole rings is 1. The summed E-state index contributed by atoms with van der Waals surface area (Å²) in [4.78, 5) is 13.5. The van der Waals surface area contributed by atoms with Gasteiger partial charge in [0.05, 0.1) is 17.6 Å². The van der Waals surface area contributed by atoms with Crippen LogP contribution in [-0.4, -0.2) is 63.7 Å². The van der Waals surface area contributed by atoms with Crippen molar-refractivity contribution < 1.29 is 9.50 Å². The predicted octanol–water partition coefficient (Wildman–Crippen LogP) is 1.14. The molecular formula is C16H18FN5O. The maximum absolute atomic E-state index is 13.6. The monoisotopic (exact) mass is 315 g/mol. The minimum atomic E-state index is -0.289. The first-order chi connectivity index (χ1) is 11.3. The first-order valence-electron chi connectivity index (χ1n) is 7.77. The van der Waals surface area contributed by atoms with E-state index in [2.05, 4.69) is 19.8 Å². The normalized spacial score (nSPS) is 16.5. The van der Waals surface area contributed by atoms with E-state index in [0.29, 0.717) is 12.1 Å². The molecule has 0 radical (unpaired) electrons. The van der Waals surface area contributed by atoms with Crippen molar-refractivity contribution >= 4 is 22.5 Å². The minimum absolute atomic E-state index is 0.179. The number of benzene rings is 1. The van der Waals surface area contributed by atoms with Crippen LogP contribution in [0.3, 0.4) is 0 Å². The van der Waals surface area contributed by atoms with Crippen molar-refractivity contribution in [3.8, 4) is 0 Å². The largest absolute Gasteiger partial charge is 0.395 e. The number of halogens is 1. The number of piperazine rings is 1. The summed E-state index contributed by atoms with van der Waals surface area (Å²) in [6.07, 6.45) is 3.62. The molecule has 0 unspecified atom stereocenters. The zero-order valence-electron chi connectivity index (χ0n) is 12.7. The number of hydrogen-bond donors (Lipinski definition) is 1. The molecule has 6 nitrogen and oxygen atoms in total. The molecule has 0 aliphatic carbocycles. The van der Waals surface area contributed by atoms with Gasteiger partial charge in [-0.05, 0) is 12.1 Å². The van der Waals surface area contributed by atoms with E-state index in [1.54, 1.807) is 12.3 Å². The number of hydrogen-bond acceptors (Lipinski definition) is 5. The Hall–Kier alpha value is -2.25. The van der Waals surface area contributed by atoms with E-state index in [-0.39, 0.29) is 12.4 Å². The molecule has 0 saturated carbocycles. The van der Waals surface area contributed by atoms with Crippen LogP contribution in [0.1, 0.15) is 0 Å². The highest BCUT2D eigenvalue weighted by molar-refractivity contribution is 5.83. The molecule has 0 atom stereocenters.